The third kappa shape index (κ3) is 2.59. The highest BCUT2D eigenvalue weighted by molar-refractivity contribution is 5.61. The van der Waals surface area contributed by atoms with Gasteiger partial charge in [-0.15, -0.1) is 0 Å². The highest BCUT2D eigenvalue weighted by Crippen LogP contribution is 2.25. The first-order valence-electron chi connectivity index (χ1n) is 6.09. The van der Waals surface area contributed by atoms with Crippen LogP contribution in [0.1, 0.15) is 30.9 Å². The zero-order chi connectivity index (χ0) is 12.3. The highest BCUT2D eigenvalue weighted by Gasteiger charge is 2.15. The van der Waals surface area contributed by atoms with E-state index in [0.29, 0.717) is 5.92 Å². The van der Waals surface area contributed by atoms with Crippen LogP contribution in [0.5, 0.6) is 0 Å². The molecule has 90 valence electrons. The molecule has 1 aromatic carbocycles. The van der Waals surface area contributed by atoms with Gasteiger partial charge in [-0.2, -0.15) is 5.26 Å². The summed E-state index contributed by atoms with van der Waals surface area (Å²) in [5.41, 5.74) is 3.04. The third-order valence-corrected chi connectivity index (χ3v) is 3.16. The molecule has 1 saturated heterocycles. The van der Waals surface area contributed by atoms with E-state index in [4.69, 9.17) is 4.74 Å². The zero-order valence-corrected chi connectivity index (χ0v) is 10.4. The molecule has 1 aromatic rings. The van der Waals surface area contributed by atoms with Crippen LogP contribution in [0, 0.1) is 11.3 Å². The second-order valence-electron chi connectivity index (χ2n) is 4.64. The molecule has 0 aromatic heterocycles. The number of nitriles is 1. The monoisotopic (exact) mass is 230 g/mol. The van der Waals surface area contributed by atoms with Crippen LogP contribution in [0.15, 0.2) is 18.2 Å². The van der Waals surface area contributed by atoms with Crippen LogP contribution in [0.4, 0.5) is 5.69 Å². The van der Waals surface area contributed by atoms with Crippen molar-refractivity contribution in [3.05, 3.63) is 29.3 Å². The van der Waals surface area contributed by atoms with E-state index in [9.17, 15) is 5.26 Å². The summed E-state index contributed by atoms with van der Waals surface area (Å²) in [7, 11) is 0. The maximum Gasteiger partial charge on any atom is 0.101 e. The molecule has 0 N–H and O–H groups in total. The van der Waals surface area contributed by atoms with Crippen LogP contribution in [-0.4, -0.2) is 26.3 Å². The average molecular weight is 230 g/mol. The molecule has 1 aliphatic rings. The molecule has 0 unspecified atom stereocenters. The Bertz CT molecular complexity index is 428. The summed E-state index contributed by atoms with van der Waals surface area (Å²) < 4.78 is 5.33. The van der Waals surface area contributed by atoms with Crippen molar-refractivity contribution in [1.82, 2.24) is 0 Å². The van der Waals surface area contributed by atoms with Gasteiger partial charge in [0.2, 0.25) is 0 Å². The second-order valence-corrected chi connectivity index (χ2v) is 4.64. The molecule has 17 heavy (non-hydrogen) atoms. The molecule has 0 saturated carbocycles. The van der Waals surface area contributed by atoms with Gasteiger partial charge < -0.3 is 9.64 Å². The van der Waals surface area contributed by atoms with Gasteiger partial charge in [-0.1, -0.05) is 19.9 Å². The van der Waals surface area contributed by atoms with Gasteiger partial charge in [-0.25, -0.2) is 0 Å². The van der Waals surface area contributed by atoms with Crippen molar-refractivity contribution in [2.45, 2.75) is 19.8 Å². The Hall–Kier alpha value is -1.53. The van der Waals surface area contributed by atoms with E-state index in [0.717, 1.165) is 37.6 Å². The summed E-state index contributed by atoms with van der Waals surface area (Å²) in [4.78, 5) is 2.23. The number of nitrogens with zero attached hydrogens (tertiary/aromatic N) is 2. The fourth-order valence-electron chi connectivity index (χ4n) is 2.08. The predicted molar refractivity (Wildman–Crippen MR) is 68.3 cm³/mol. The van der Waals surface area contributed by atoms with Gasteiger partial charge in [0.25, 0.3) is 0 Å². The lowest BCUT2D eigenvalue weighted by molar-refractivity contribution is 0.122. The van der Waals surface area contributed by atoms with Gasteiger partial charge in [-0.05, 0) is 23.6 Å². The van der Waals surface area contributed by atoms with Gasteiger partial charge in [-0.3, -0.25) is 0 Å². The van der Waals surface area contributed by atoms with E-state index < -0.39 is 0 Å². The minimum Gasteiger partial charge on any atom is -0.378 e. The van der Waals surface area contributed by atoms with E-state index in [1.54, 1.807) is 0 Å². The van der Waals surface area contributed by atoms with Crippen molar-refractivity contribution < 1.29 is 4.74 Å². The largest absolute Gasteiger partial charge is 0.378 e. The van der Waals surface area contributed by atoms with Crippen LogP contribution in [-0.2, 0) is 4.74 Å². The topological polar surface area (TPSA) is 36.3 Å². The Kier molecular flexibility index (Phi) is 3.65. The van der Waals surface area contributed by atoms with E-state index in [1.165, 1.54) is 5.56 Å². The van der Waals surface area contributed by atoms with Gasteiger partial charge in [0, 0.05) is 13.1 Å². The summed E-state index contributed by atoms with van der Waals surface area (Å²) in [5, 5.41) is 9.25. The predicted octanol–water partition coefficient (Wildman–Crippen LogP) is 2.52. The number of rotatable bonds is 2. The van der Waals surface area contributed by atoms with Gasteiger partial charge >= 0.3 is 0 Å². The standard InChI is InChI=1S/C14H18N2O/c1-11(2)12-3-4-14(13(9-12)10-15)16-5-7-17-8-6-16/h3-4,9,11H,5-8H2,1-2H3. The molecule has 2 rings (SSSR count). The summed E-state index contributed by atoms with van der Waals surface area (Å²) in [6.45, 7) is 7.52. The van der Waals surface area contributed by atoms with Crippen molar-refractivity contribution in [3.8, 4) is 6.07 Å². The van der Waals surface area contributed by atoms with Crippen molar-refractivity contribution in [2.75, 3.05) is 31.2 Å². The molecule has 0 radical (unpaired) electrons. The fraction of sp³-hybridized carbons (Fsp3) is 0.500. The van der Waals surface area contributed by atoms with Gasteiger partial charge in [0.1, 0.15) is 6.07 Å². The summed E-state index contributed by atoms with van der Waals surface area (Å²) in [6.07, 6.45) is 0. The summed E-state index contributed by atoms with van der Waals surface area (Å²) in [6, 6.07) is 8.51. The molecule has 0 atom stereocenters. The molecule has 0 spiro atoms. The van der Waals surface area contributed by atoms with Gasteiger partial charge in [0.15, 0.2) is 0 Å². The summed E-state index contributed by atoms with van der Waals surface area (Å²) >= 11 is 0. The second kappa shape index (κ2) is 5.20. The minimum absolute atomic E-state index is 0.459. The zero-order valence-electron chi connectivity index (χ0n) is 10.4. The van der Waals surface area contributed by atoms with Crippen molar-refractivity contribution >= 4 is 5.69 Å². The van der Waals surface area contributed by atoms with E-state index in [-0.39, 0.29) is 0 Å². The first kappa shape index (κ1) is 11.9. The van der Waals surface area contributed by atoms with Gasteiger partial charge in [0.05, 0.1) is 24.5 Å². The number of morpholine rings is 1. The number of anilines is 1. The number of hydrogen-bond donors (Lipinski definition) is 0. The lowest BCUT2D eigenvalue weighted by Crippen LogP contribution is -2.36. The molecular weight excluding hydrogens is 212 g/mol. The highest BCUT2D eigenvalue weighted by atomic mass is 16.5. The Morgan fingerprint density at radius 2 is 2.00 bits per heavy atom. The van der Waals surface area contributed by atoms with E-state index in [1.807, 2.05) is 6.07 Å². The molecule has 1 aliphatic heterocycles. The lowest BCUT2D eigenvalue weighted by atomic mass is 9.99. The number of benzene rings is 1. The minimum atomic E-state index is 0.459. The van der Waals surface area contributed by atoms with Crippen LogP contribution < -0.4 is 4.90 Å². The van der Waals surface area contributed by atoms with Crippen LogP contribution in [0.25, 0.3) is 0 Å². The number of hydrogen-bond acceptors (Lipinski definition) is 3. The normalized spacial score (nSPS) is 16.0. The Labute approximate surface area is 103 Å². The fourth-order valence-corrected chi connectivity index (χ4v) is 2.08. The smallest absolute Gasteiger partial charge is 0.101 e. The molecule has 3 heteroatoms. The SMILES string of the molecule is CC(C)c1ccc(N2CCOCC2)c(C#N)c1. The van der Waals surface area contributed by atoms with Crippen molar-refractivity contribution in [2.24, 2.45) is 0 Å². The van der Waals surface area contributed by atoms with Crippen LogP contribution in [0.2, 0.25) is 0 Å². The van der Waals surface area contributed by atoms with Crippen LogP contribution in [0.3, 0.4) is 0 Å². The quantitative estimate of drug-likeness (QED) is 0.783. The molecule has 1 fully saturated rings. The Morgan fingerprint density at radius 3 is 2.59 bits per heavy atom. The van der Waals surface area contributed by atoms with Crippen molar-refractivity contribution in [1.29, 1.82) is 5.26 Å². The lowest BCUT2D eigenvalue weighted by Gasteiger charge is -2.29. The molecular formula is C14H18N2O. The maximum atomic E-state index is 9.25. The molecule has 0 aliphatic carbocycles. The third-order valence-electron chi connectivity index (χ3n) is 3.16. The Balaban J connectivity index is 2.30. The van der Waals surface area contributed by atoms with Crippen LogP contribution >= 0.6 is 0 Å². The van der Waals surface area contributed by atoms with E-state index >= 15 is 0 Å². The maximum absolute atomic E-state index is 9.25. The number of ether oxygens (including phenoxy) is 1. The molecule has 3 nitrogen and oxygen atoms in total. The molecule has 0 bridgehead atoms. The average Bonchev–Trinajstić information content (AvgIpc) is 2.39. The van der Waals surface area contributed by atoms with E-state index in [2.05, 4.69) is 36.9 Å². The molecule has 0 amide bonds. The first-order valence-corrected chi connectivity index (χ1v) is 6.09. The van der Waals surface area contributed by atoms with Crippen molar-refractivity contribution in [3.63, 3.8) is 0 Å². The molecule has 1 heterocycles. The first-order chi connectivity index (χ1) is 8.22. The Morgan fingerprint density at radius 1 is 1.29 bits per heavy atom. The summed E-state index contributed by atoms with van der Waals surface area (Å²) in [5.74, 6) is 0.459.